The Bertz CT molecular complexity index is 576. The van der Waals surface area contributed by atoms with Crippen molar-refractivity contribution in [3.05, 3.63) is 41.5 Å². The minimum atomic E-state index is -0.428. The minimum Gasteiger partial charge on any atom is -0.321 e. The number of carbonyl (C=O) groups is 1. The summed E-state index contributed by atoms with van der Waals surface area (Å²) >= 11 is 3.20. The van der Waals surface area contributed by atoms with Crippen molar-refractivity contribution in [3.8, 4) is 0 Å². The number of carbonyl (C=O) groups excluding carboxylic acids is 1. The molecule has 0 fully saturated rings. The van der Waals surface area contributed by atoms with Gasteiger partial charge in [-0.2, -0.15) is 0 Å². The van der Waals surface area contributed by atoms with Crippen molar-refractivity contribution < 1.29 is 4.79 Å². The summed E-state index contributed by atoms with van der Waals surface area (Å²) in [6, 6.07) is 9.46. The van der Waals surface area contributed by atoms with Crippen LogP contribution in [0.3, 0.4) is 0 Å². The fraction of sp³-hybridized carbons (Fsp3) is 0.0909. The molecule has 2 heterocycles. The summed E-state index contributed by atoms with van der Waals surface area (Å²) in [4.78, 5) is 16.0. The minimum absolute atomic E-state index is 0.208. The van der Waals surface area contributed by atoms with E-state index in [0.717, 1.165) is 5.56 Å². The Morgan fingerprint density at radius 1 is 1.18 bits per heavy atom. The van der Waals surface area contributed by atoms with E-state index in [4.69, 9.17) is 0 Å². The van der Waals surface area contributed by atoms with Gasteiger partial charge in [0, 0.05) is 5.56 Å². The van der Waals surface area contributed by atoms with E-state index >= 15 is 0 Å². The molecular weight excluding hydrogens is 284 g/mol. The number of amidine groups is 1. The van der Waals surface area contributed by atoms with E-state index in [9.17, 15) is 4.79 Å². The van der Waals surface area contributed by atoms with Crippen LogP contribution in [0.5, 0.6) is 0 Å². The van der Waals surface area contributed by atoms with Crippen molar-refractivity contribution in [2.75, 3.05) is 0 Å². The molecule has 1 unspecified atom stereocenters. The fourth-order valence-corrected chi connectivity index (χ4v) is 2.12. The first-order valence-corrected chi connectivity index (χ1v) is 5.92. The summed E-state index contributed by atoms with van der Waals surface area (Å²) < 4.78 is 0. The lowest BCUT2D eigenvalue weighted by molar-refractivity contribution is -0.117. The molecule has 0 bridgehead atoms. The van der Waals surface area contributed by atoms with Gasteiger partial charge in [0.05, 0.1) is 0 Å². The summed E-state index contributed by atoms with van der Waals surface area (Å²) in [5.41, 5.74) is 1.87. The maximum absolute atomic E-state index is 11.9. The van der Waals surface area contributed by atoms with E-state index in [1.807, 2.05) is 30.3 Å². The van der Waals surface area contributed by atoms with Crippen molar-refractivity contribution in [1.29, 1.82) is 0 Å². The van der Waals surface area contributed by atoms with E-state index < -0.39 is 5.08 Å². The van der Waals surface area contributed by atoms with Crippen LogP contribution in [0.4, 0.5) is 0 Å². The summed E-state index contributed by atoms with van der Waals surface area (Å²) in [5.74, 6) is 0.176. The average Bonchev–Trinajstić information content (AvgIpc) is 2.74. The second kappa shape index (κ2) is 3.89. The van der Waals surface area contributed by atoms with Crippen LogP contribution in [0, 0.1) is 0 Å². The van der Waals surface area contributed by atoms with Gasteiger partial charge in [-0.3, -0.25) is 4.79 Å². The van der Waals surface area contributed by atoms with Gasteiger partial charge in [0.2, 0.25) is 0 Å². The smallest absolute Gasteiger partial charge is 0.259 e. The van der Waals surface area contributed by atoms with Crippen molar-refractivity contribution in [3.63, 3.8) is 0 Å². The van der Waals surface area contributed by atoms with Gasteiger partial charge < -0.3 is 5.32 Å². The Kier molecular flexibility index (Phi) is 2.36. The van der Waals surface area contributed by atoms with Crippen molar-refractivity contribution in [1.82, 2.24) is 5.32 Å². The number of nitrogens with zero attached hydrogens (tertiary/aromatic N) is 3. The van der Waals surface area contributed by atoms with Gasteiger partial charge in [-0.15, -0.1) is 10.2 Å². The van der Waals surface area contributed by atoms with E-state index in [-0.39, 0.29) is 5.91 Å². The first-order chi connectivity index (χ1) is 8.25. The molecule has 0 spiro atoms. The highest BCUT2D eigenvalue weighted by Crippen LogP contribution is 2.29. The Morgan fingerprint density at radius 3 is 2.71 bits per heavy atom. The SMILES string of the molecule is O=C1NC(Br)N=C2N=NC(c3ccccc3)=C12. The lowest BCUT2D eigenvalue weighted by Crippen LogP contribution is -2.37. The topological polar surface area (TPSA) is 66.2 Å². The van der Waals surface area contributed by atoms with Gasteiger partial charge in [0.25, 0.3) is 5.91 Å². The number of aliphatic imine (C=N–C) groups is 1. The van der Waals surface area contributed by atoms with Crippen LogP contribution in [-0.4, -0.2) is 16.8 Å². The van der Waals surface area contributed by atoms with Crippen LogP contribution >= 0.6 is 15.9 Å². The predicted octanol–water partition coefficient (Wildman–Crippen LogP) is 2.07. The Hall–Kier alpha value is -1.82. The molecule has 84 valence electrons. The molecule has 2 aliphatic rings. The van der Waals surface area contributed by atoms with Gasteiger partial charge in [-0.25, -0.2) is 4.99 Å². The van der Waals surface area contributed by atoms with Crippen LogP contribution in [-0.2, 0) is 4.79 Å². The standard InChI is InChI=1S/C11H7BrN4O/c12-11-13-9-7(10(17)14-11)8(15-16-9)6-4-2-1-3-5-6/h1-5,11H,(H,14,17). The number of hydrogen-bond acceptors (Lipinski definition) is 4. The second-order valence-corrected chi connectivity index (χ2v) is 4.42. The third-order valence-corrected chi connectivity index (χ3v) is 2.90. The van der Waals surface area contributed by atoms with Gasteiger partial charge in [0.1, 0.15) is 11.3 Å². The number of amides is 1. The van der Waals surface area contributed by atoms with Gasteiger partial charge >= 0.3 is 0 Å². The summed E-state index contributed by atoms with van der Waals surface area (Å²) in [6.07, 6.45) is 0. The third kappa shape index (κ3) is 1.70. The molecule has 0 saturated carbocycles. The lowest BCUT2D eigenvalue weighted by Gasteiger charge is -2.15. The van der Waals surface area contributed by atoms with Crippen LogP contribution < -0.4 is 5.32 Å². The molecular formula is C11H7BrN4O. The number of halogens is 1. The van der Waals surface area contributed by atoms with Gasteiger partial charge in [-0.05, 0) is 15.9 Å². The van der Waals surface area contributed by atoms with E-state index in [0.29, 0.717) is 17.1 Å². The Labute approximate surface area is 105 Å². The largest absolute Gasteiger partial charge is 0.321 e. The van der Waals surface area contributed by atoms with Crippen molar-refractivity contribution in [2.45, 2.75) is 5.08 Å². The quantitative estimate of drug-likeness (QED) is 0.624. The molecule has 5 nitrogen and oxygen atoms in total. The summed E-state index contributed by atoms with van der Waals surface area (Å²) in [7, 11) is 0. The zero-order valence-corrected chi connectivity index (χ0v) is 10.2. The maximum atomic E-state index is 11.9. The lowest BCUT2D eigenvalue weighted by atomic mass is 10.1. The molecule has 1 aromatic rings. The number of hydrogen-bond donors (Lipinski definition) is 1. The molecule has 3 rings (SSSR count). The number of fused-ring (bicyclic) bond motifs is 1. The summed E-state index contributed by atoms with van der Waals surface area (Å²) in [5, 5.41) is 10.2. The highest BCUT2D eigenvalue weighted by atomic mass is 79.9. The molecule has 1 aromatic carbocycles. The van der Waals surface area contributed by atoms with Crippen molar-refractivity contribution in [2.24, 2.45) is 15.2 Å². The van der Waals surface area contributed by atoms with Crippen LogP contribution in [0.25, 0.3) is 5.70 Å². The van der Waals surface area contributed by atoms with Crippen LogP contribution in [0.15, 0.2) is 51.1 Å². The molecule has 0 radical (unpaired) electrons. The van der Waals surface area contributed by atoms with E-state index in [1.165, 1.54) is 0 Å². The molecule has 17 heavy (non-hydrogen) atoms. The molecule has 6 heteroatoms. The number of azo groups is 1. The average molecular weight is 291 g/mol. The fourth-order valence-electron chi connectivity index (χ4n) is 1.72. The highest BCUT2D eigenvalue weighted by molar-refractivity contribution is 9.09. The van der Waals surface area contributed by atoms with Crippen LogP contribution in [0.2, 0.25) is 0 Å². The van der Waals surface area contributed by atoms with Crippen molar-refractivity contribution >= 4 is 33.4 Å². The maximum Gasteiger partial charge on any atom is 0.259 e. The van der Waals surface area contributed by atoms with E-state index in [2.05, 4.69) is 36.5 Å². The first-order valence-electron chi connectivity index (χ1n) is 5.00. The Morgan fingerprint density at radius 2 is 1.94 bits per heavy atom. The molecule has 0 saturated heterocycles. The van der Waals surface area contributed by atoms with Gasteiger partial charge in [-0.1, -0.05) is 30.3 Å². The zero-order chi connectivity index (χ0) is 11.8. The molecule has 0 aromatic heterocycles. The number of alkyl halides is 1. The highest BCUT2D eigenvalue weighted by Gasteiger charge is 2.32. The van der Waals surface area contributed by atoms with Gasteiger partial charge in [0.15, 0.2) is 10.9 Å². The normalized spacial score (nSPS) is 22.3. The molecule has 0 aliphatic carbocycles. The second-order valence-electron chi connectivity index (χ2n) is 3.55. The number of benzene rings is 1. The molecule has 1 amide bonds. The van der Waals surface area contributed by atoms with Crippen LogP contribution in [0.1, 0.15) is 5.56 Å². The third-order valence-electron chi connectivity index (χ3n) is 2.47. The first kappa shape index (κ1) is 10.3. The number of nitrogens with one attached hydrogen (secondary N) is 1. The molecule has 2 aliphatic heterocycles. The summed E-state index contributed by atoms with van der Waals surface area (Å²) in [6.45, 7) is 0. The zero-order valence-electron chi connectivity index (χ0n) is 8.59. The molecule has 1 N–H and O–H groups in total. The number of rotatable bonds is 1. The monoisotopic (exact) mass is 290 g/mol. The molecule has 1 atom stereocenters. The van der Waals surface area contributed by atoms with E-state index in [1.54, 1.807) is 0 Å². The Balaban J connectivity index is 2.16. The predicted molar refractivity (Wildman–Crippen MR) is 66.5 cm³/mol.